The average molecular weight is 279 g/mol. The molecule has 4 heteroatoms. The summed E-state index contributed by atoms with van der Waals surface area (Å²) in [7, 11) is 0. The molecule has 2 saturated heterocycles. The highest BCUT2D eigenvalue weighted by Gasteiger charge is 2.41. The molecule has 0 aliphatic carbocycles. The lowest BCUT2D eigenvalue weighted by atomic mass is 9.86. The summed E-state index contributed by atoms with van der Waals surface area (Å²) >= 11 is 6.11. The fourth-order valence-electron chi connectivity index (χ4n) is 3.21. The molecule has 1 atom stereocenters. The summed E-state index contributed by atoms with van der Waals surface area (Å²) in [5.41, 5.74) is 1.27. The Morgan fingerprint density at radius 3 is 2.95 bits per heavy atom. The topological polar surface area (TPSA) is 32.3 Å². The lowest BCUT2D eigenvalue weighted by molar-refractivity contribution is -0.129. The minimum atomic E-state index is 0.205. The molecule has 0 aromatic heterocycles. The van der Waals surface area contributed by atoms with Crippen LogP contribution < -0.4 is 5.32 Å². The first-order chi connectivity index (χ1) is 9.19. The SMILES string of the molecule is O=C(Cc1ccccc1Cl)N1CCC2(CCNC2)C1. The smallest absolute Gasteiger partial charge is 0.227 e. The number of nitrogens with one attached hydrogen (secondary N) is 1. The molecule has 1 unspecified atom stereocenters. The van der Waals surface area contributed by atoms with Gasteiger partial charge in [-0.05, 0) is 31.0 Å². The molecule has 3 rings (SSSR count). The quantitative estimate of drug-likeness (QED) is 0.899. The third-order valence-corrected chi connectivity index (χ3v) is 4.79. The van der Waals surface area contributed by atoms with Gasteiger partial charge in [0.1, 0.15) is 0 Å². The predicted octanol–water partition coefficient (Wildman–Crippen LogP) is 2.09. The van der Waals surface area contributed by atoms with Gasteiger partial charge in [0.25, 0.3) is 0 Å². The van der Waals surface area contributed by atoms with Gasteiger partial charge in [-0.2, -0.15) is 0 Å². The van der Waals surface area contributed by atoms with E-state index in [-0.39, 0.29) is 5.91 Å². The van der Waals surface area contributed by atoms with Gasteiger partial charge in [-0.3, -0.25) is 4.79 Å². The zero-order valence-corrected chi connectivity index (χ0v) is 11.7. The minimum Gasteiger partial charge on any atom is -0.342 e. The van der Waals surface area contributed by atoms with E-state index in [1.165, 1.54) is 6.42 Å². The standard InChI is InChI=1S/C15H19ClN2O/c16-13-4-2-1-3-12(13)9-14(19)18-8-6-15(11-18)5-7-17-10-15/h1-4,17H,5-11H2. The number of likely N-dealkylation sites (tertiary alicyclic amines) is 1. The van der Waals surface area contributed by atoms with Crippen LogP contribution in [0.4, 0.5) is 0 Å². The summed E-state index contributed by atoms with van der Waals surface area (Å²) in [6.07, 6.45) is 2.75. The molecule has 1 amide bonds. The van der Waals surface area contributed by atoms with Crippen LogP contribution in [0.3, 0.4) is 0 Å². The summed E-state index contributed by atoms with van der Waals surface area (Å²) in [4.78, 5) is 14.4. The van der Waals surface area contributed by atoms with E-state index in [4.69, 9.17) is 11.6 Å². The maximum Gasteiger partial charge on any atom is 0.227 e. The monoisotopic (exact) mass is 278 g/mol. The Bertz CT molecular complexity index is 483. The van der Waals surface area contributed by atoms with Crippen molar-refractivity contribution in [3.8, 4) is 0 Å². The van der Waals surface area contributed by atoms with Crippen LogP contribution in [0.2, 0.25) is 5.02 Å². The lowest BCUT2D eigenvalue weighted by Gasteiger charge is -2.23. The molecule has 1 spiro atoms. The first-order valence-electron chi connectivity index (χ1n) is 6.90. The Hall–Kier alpha value is -1.06. The number of rotatable bonds is 2. The van der Waals surface area contributed by atoms with Crippen molar-refractivity contribution in [1.29, 1.82) is 0 Å². The van der Waals surface area contributed by atoms with Gasteiger partial charge < -0.3 is 10.2 Å². The maximum absolute atomic E-state index is 12.4. The molecule has 19 heavy (non-hydrogen) atoms. The highest BCUT2D eigenvalue weighted by atomic mass is 35.5. The zero-order chi connectivity index (χ0) is 13.3. The second kappa shape index (κ2) is 5.14. The number of carbonyl (C=O) groups is 1. The van der Waals surface area contributed by atoms with Crippen molar-refractivity contribution in [3.63, 3.8) is 0 Å². The van der Waals surface area contributed by atoms with Crippen LogP contribution in [0.25, 0.3) is 0 Å². The van der Waals surface area contributed by atoms with Crippen LogP contribution in [-0.2, 0) is 11.2 Å². The van der Waals surface area contributed by atoms with Crippen LogP contribution in [0, 0.1) is 5.41 Å². The largest absolute Gasteiger partial charge is 0.342 e. The number of halogens is 1. The van der Waals surface area contributed by atoms with Crippen LogP contribution in [0.5, 0.6) is 0 Å². The highest BCUT2D eigenvalue weighted by Crippen LogP contribution is 2.36. The molecule has 2 fully saturated rings. The van der Waals surface area contributed by atoms with Crippen LogP contribution in [0.1, 0.15) is 18.4 Å². The Labute approximate surface area is 118 Å². The van der Waals surface area contributed by atoms with Gasteiger partial charge >= 0.3 is 0 Å². The molecule has 2 aliphatic heterocycles. The lowest BCUT2D eigenvalue weighted by Crippen LogP contribution is -2.34. The molecule has 1 aromatic rings. The van der Waals surface area contributed by atoms with Crippen molar-refractivity contribution in [2.75, 3.05) is 26.2 Å². The molecule has 0 radical (unpaired) electrons. The maximum atomic E-state index is 12.4. The van der Waals surface area contributed by atoms with Crippen molar-refractivity contribution in [1.82, 2.24) is 10.2 Å². The Kier molecular flexibility index (Phi) is 3.50. The van der Waals surface area contributed by atoms with Gasteiger partial charge in [-0.25, -0.2) is 0 Å². The first kappa shape index (κ1) is 12.9. The van der Waals surface area contributed by atoms with E-state index in [0.717, 1.165) is 38.2 Å². The minimum absolute atomic E-state index is 0.205. The van der Waals surface area contributed by atoms with E-state index >= 15 is 0 Å². The number of carbonyl (C=O) groups excluding carboxylic acids is 1. The number of hydrogen-bond acceptors (Lipinski definition) is 2. The van der Waals surface area contributed by atoms with Gasteiger partial charge in [0.2, 0.25) is 5.91 Å². The zero-order valence-electron chi connectivity index (χ0n) is 11.0. The molecule has 3 nitrogen and oxygen atoms in total. The van der Waals surface area contributed by atoms with Gasteiger partial charge in [0.15, 0.2) is 0 Å². The van der Waals surface area contributed by atoms with Crippen molar-refractivity contribution in [2.45, 2.75) is 19.3 Å². The van der Waals surface area contributed by atoms with Gasteiger partial charge in [0, 0.05) is 30.1 Å². The summed E-state index contributed by atoms with van der Waals surface area (Å²) < 4.78 is 0. The summed E-state index contributed by atoms with van der Waals surface area (Å²) in [5, 5.41) is 4.10. The van der Waals surface area contributed by atoms with Gasteiger partial charge in [-0.15, -0.1) is 0 Å². The molecule has 2 heterocycles. The van der Waals surface area contributed by atoms with Gasteiger partial charge in [0.05, 0.1) is 6.42 Å². The van der Waals surface area contributed by atoms with E-state index in [2.05, 4.69) is 5.32 Å². The van der Waals surface area contributed by atoms with E-state index in [1.807, 2.05) is 29.2 Å². The second-order valence-electron chi connectivity index (χ2n) is 5.76. The first-order valence-corrected chi connectivity index (χ1v) is 7.28. The third-order valence-electron chi connectivity index (χ3n) is 4.42. The van der Waals surface area contributed by atoms with E-state index in [9.17, 15) is 4.79 Å². The molecule has 102 valence electrons. The van der Waals surface area contributed by atoms with E-state index in [1.54, 1.807) is 0 Å². The predicted molar refractivity (Wildman–Crippen MR) is 76.3 cm³/mol. The number of benzene rings is 1. The Morgan fingerprint density at radius 2 is 2.21 bits per heavy atom. The van der Waals surface area contributed by atoms with E-state index < -0.39 is 0 Å². The molecule has 0 bridgehead atoms. The van der Waals surface area contributed by atoms with Crippen LogP contribution in [-0.4, -0.2) is 37.0 Å². The number of amides is 1. The summed E-state index contributed by atoms with van der Waals surface area (Å²) in [5.74, 6) is 0.205. The Balaban J connectivity index is 1.64. The number of nitrogens with zero attached hydrogens (tertiary/aromatic N) is 1. The van der Waals surface area contributed by atoms with Crippen molar-refractivity contribution in [2.24, 2.45) is 5.41 Å². The molecular formula is C15H19ClN2O. The summed E-state index contributed by atoms with van der Waals surface area (Å²) in [6.45, 7) is 3.95. The highest BCUT2D eigenvalue weighted by molar-refractivity contribution is 6.31. The fraction of sp³-hybridized carbons (Fsp3) is 0.533. The molecule has 2 aliphatic rings. The van der Waals surface area contributed by atoms with Crippen LogP contribution in [0.15, 0.2) is 24.3 Å². The van der Waals surface area contributed by atoms with Crippen molar-refractivity contribution in [3.05, 3.63) is 34.9 Å². The molecule has 1 aromatic carbocycles. The number of hydrogen-bond donors (Lipinski definition) is 1. The Morgan fingerprint density at radius 1 is 1.37 bits per heavy atom. The summed E-state index contributed by atoms with van der Waals surface area (Å²) in [6, 6.07) is 7.60. The molecule has 1 N–H and O–H groups in total. The molecule has 0 saturated carbocycles. The fourth-order valence-corrected chi connectivity index (χ4v) is 3.41. The van der Waals surface area contributed by atoms with Crippen molar-refractivity contribution < 1.29 is 4.79 Å². The van der Waals surface area contributed by atoms with Crippen molar-refractivity contribution >= 4 is 17.5 Å². The average Bonchev–Trinajstić information content (AvgIpc) is 3.03. The van der Waals surface area contributed by atoms with Crippen LogP contribution >= 0.6 is 11.6 Å². The van der Waals surface area contributed by atoms with Gasteiger partial charge in [-0.1, -0.05) is 29.8 Å². The third kappa shape index (κ3) is 2.63. The molecular weight excluding hydrogens is 260 g/mol. The normalized spacial score (nSPS) is 26.3. The second-order valence-corrected chi connectivity index (χ2v) is 6.17. The van der Waals surface area contributed by atoms with E-state index in [0.29, 0.717) is 16.9 Å².